The van der Waals surface area contributed by atoms with E-state index in [0.29, 0.717) is 27.6 Å². The summed E-state index contributed by atoms with van der Waals surface area (Å²) in [5, 5.41) is 23.0. The van der Waals surface area contributed by atoms with E-state index in [1.807, 2.05) is 23.6 Å². The minimum absolute atomic E-state index is 0.00926. The molecule has 7 nitrogen and oxygen atoms in total. The number of allylic oxidation sites excluding steroid dienone is 3. The minimum atomic E-state index is -0.437. The smallest absolute Gasteiger partial charge is 0.276 e. The van der Waals surface area contributed by atoms with Gasteiger partial charge in [-0.1, -0.05) is 18.2 Å². The molecule has 0 bridgehead atoms. The number of ether oxygens (including phenoxy) is 2. The monoisotopic (exact) mass is 403 g/mol. The van der Waals surface area contributed by atoms with Crippen LogP contribution in [-0.4, -0.2) is 16.7 Å². The van der Waals surface area contributed by atoms with Crippen molar-refractivity contribution in [2.75, 3.05) is 6.79 Å². The van der Waals surface area contributed by atoms with Gasteiger partial charge in [0.05, 0.1) is 21.8 Å². The number of rotatable bonds is 5. The van der Waals surface area contributed by atoms with Gasteiger partial charge >= 0.3 is 0 Å². The standard InChI is InChI=1S/C21H13N3O4S/c22-11-16(6-3-5-14-4-1-2-7-18(14)24(25)26)21-23-17(12-29-21)15-8-9-19-20(10-15)28-13-27-19/h1-10,12H,13H2/b5-3-,16-6-. The summed E-state index contributed by atoms with van der Waals surface area (Å²) in [6.45, 7) is 0.203. The summed E-state index contributed by atoms with van der Waals surface area (Å²) in [5.74, 6) is 1.36. The molecule has 29 heavy (non-hydrogen) atoms. The molecule has 0 atom stereocenters. The number of benzene rings is 2. The number of hydrogen-bond donors (Lipinski definition) is 0. The summed E-state index contributed by atoms with van der Waals surface area (Å²) in [6, 6.07) is 14.1. The predicted molar refractivity (Wildman–Crippen MR) is 109 cm³/mol. The van der Waals surface area contributed by atoms with Crippen LogP contribution in [-0.2, 0) is 0 Å². The van der Waals surface area contributed by atoms with Gasteiger partial charge in [-0.05, 0) is 36.4 Å². The van der Waals surface area contributed by atoms with Gasteiger partial charge in [0.15, 0.2) is 11.5 Å². The van der Waals surface area contributed by atoms with Crippen LogP contribution in [0, 0.1) is 21.4 Å². The van der Waals surface area contributed by atoms with Crippen molar-refractivity contribution in [3.05, 3.63) is 80.7 Å². The topological polar surface area (TPSA) is 98.3 Å². The fourth-order valence-electron chi connectivity index (χ4n) is 2.79. The second-order valence-corrected chi connectivity index (χ2v) is 6.83. The number of fused-ring (bicyclic) bond motifs is 1. The van der Waals surface area contributed by atoms with E-state index in [2.05, 4.69) is 11.1 Å². The van der Waals surface area contributed by atoms with Crippen LogP contribution in [0.4, 0.5) is 5.69 Å². The molecule has 2 aromatic carbocycles. The molecule has 4 rings (SSSR count). The van der Waals surface area contributed by atoms with E-state index in [1.165, 1.54) is 17.4 Å². The summed E-state index contributed by atoms with van der Waals surface area (Å²) in [5.41, 5.74) is 2.44. The molecule has 8 heteroatoms. The number of nitriles is 1. The predicted octanol–water partition coefficient (Wildman–Crippen LogP) is 5.07. The Balaban J connectivity index is 1.58. The van der Waals surface area contributed by atoms with Crippen molar-refractivity contribution < 1.29 is 14.4 Å². The first-order valence-corrected chi connectivity index (χ1v) is 9.41. The van der Waals surface area contributed by atoms with Gasteiger partial charge in [0.2, 0.25) is 6.79 Å². The summed E-state index contributed by atoms with van der Waals surface area (Å²) >= 11 is 1.35. The molecule has 0 aliphatic carbocycles. The fourth-order valence-corrected chi connectivity index (χ4v) is 3.59. The molecule has 3 aromatic rings. The largest absolute Gasteiger partial charge is 0.454 e. The molecule has 0 saturated heterocycles. The third-order valence-corrected chi connectivity index (χ3v) is 5.07. The number of nitrogens with zero attached hydrogens (tertiary/aromatic N) is 3. The molecule has 0 fully saturated rings. The molecule has 0 amide bonds. The second kappa shape index (κ2) is 7.96. The van der Waals surface area contributed by atoms with Crippen LogP contribution in [0.1, 0.15) is 10.6 Å². The number of hydrogen-bond acceptors (Lipinski definition) is 7. The molecule has 0 spiro atoms. The molecule has 1 aromatic heterocycles. The summed E-state index contributed by atoms with van der Waals surface area (Å²) in [4.78, 5) is 15.2. The normalized spacial score (nSPS) is 12.9. The average molecular weight is 403 g/mol. The average Bonchev–Trinajstić information content (AvgIpc) is 3.40. The van der Waals surface area contributed by atoms with E-state index in [0.717, 1.165) is 11.3 Å². The van der Waals surface area contributed by atoms with Crippen LogP contribution < -0.4 is 9.47 Å². The van der Waals surface area contributed by atoms with Crippen LogP contribution in [0.15, 0.2) is 60.0 Å². The lowest BCUT2D eigenvalue weighted by molar-refractivity contribution is -0.385. The van der Waals surface area contributed by atoms with Gasteiger partial charge in [-0.2, -0.15) is 5.26 Å². The molecule has 0 N–H and O–H groups in total. The zero-order valence-corrected chi connectivity index (χ0v) is 15.8. The molecule has 1 aliphatic heterocycles. The van der Waals surface area contributed by atoms with Crippen LogP contribution in [0.25, 0.3) is 22.9 Å². The highest BCUT2D eigenvalue weighted by molar-refractivity contribution is 7.11. The molecule has 2 heterocycles. The maximum absolute atomic E-state index is 11.1. The Hall–Kier alpha value is -3.96. The Kier molecular flexibility index (Phi) is 5.05. The van der Waals surface area contributed by atoms with Crippen LogP contribution in [0.2, 0.25) is 0 Å². The van der Waals surface area contributed by atoms with Gasteiger partial charge in [0, 0.05) is 17.0 Å². The van der Waals surface area contributed by atoms with E-state index in [4.69, 9.17) is 9.47 Å². The first kappa shape index (κ1) is 18.4. The SMILES string of the molecule is N#C/C(=C/C=C\c1ccccc1[N+](=O)[O-])c1nc(-c2ccc3c(c2)OCO3)cs1. The van der Waals surface area contributed by atoms with Crippen LogP contribution in [0.3, 0.4) is 0 Å². The molecular weight excluding hydrogens is 390 g/mol. The zero-order valence-electron chi connectivity index (χ0n) is 14.9. The van der Waals surface area contributed by atoms with Crippen LogP contribution in [0.5, 0.6) is 11.5 Å². The molecule has 0 unspecified atom stereocenters. The number of thiazole rings is 1. The van der Waals surface area contributed by atoms with Crippen molar-refractivity contribution in [3.63, 3.8) is 0 Å². The summed E-state index contributed by atoms with van der Waals surface area (Å²) < 4.78 is 10.7. The van der Waals surface area contributed by atoms with Gasteiger partial charge in [0.1, 0.15) is 11.1 Å². The third kappa shape index (κ3) is 3.85. The van der Waals surface area contributed by atoms with Gasteiger partial charge in [-0.3, -0.25) is 10.1 Å². The van der Waals surface area contributed by atoms with E-state index >= 15 is 0 Å². The fraction of sp³-hybridized carbons (Fsp3) is 0.0476. The van der Waals surface area contributed by atoms with Crippen molar-refractivity contribution >= 4 is 28.7 Å². The molecule has 0 radical (unpaired) electrons. The Bertz CT molecular complexity index is 1190. The Morgan fingerprint density at radius 2 is 2.07 bits per heavy atom. The maximum atomic E-state index is 11.1. The quantitative estimate of drug-likeness (QED) is 0.255. The van der Waals surface area contributed by atoms with Gasteiger partial charge < -0.3 is 9.47 Å². The van der Waals surface area contributed by atoms with Crippen molar-refractivity contribution in [1.82, 2.24) is 4.98 Å². The second-order valence-electron chi connectivity index (χ2n) is 5.97. The Morgan fingerprint density at radius 3 is 2.90 bits per heavy atom. The Morgan fingerprint density at radius 1 is 1.24 bits per heavy atom. The summed E-state index contributed by atoms with van der Waals surface area (Å²) in [6.07, 6.45) is 4.81. The molecule has 0 saturated carbocycles. The van der Waals surface area contributed by atoms with E-state index < -0.39 is 4.92 Å². The lowest BCUT2D eigenvalue weighted by atomic mass is 10.1. The van der Waals surface area contributed by atoms with Gasteiger partial charge in [0.25, 0.3) is 5.69 Å². The lowest BCUT2D eigenvalue weighted by Crippen LogP contribution is -1.92. The number of nitro benzene ring substituents is 1. The van der Waals surface area contributed by atoms with E-state index in [-0.39, 0.29) is 12.5 Å². The van der Waals surface area contributed by atoms with Crippen molar-refractivity contribution in [2.24, 2.45) is 0 Å². The highest BCUT2D eigenvalue weighted by Gasteiger charge is 2.16. The van der Waals surface area contributed by atoms with Gasteiger partial charge in [-0.15, -0.1) is 11.3 Å². The van der Waals surface area contributed by atoms with Gasteiger partial charge in [-0.25, -0.2) is 4.98 Å². The van der Waals surface area contributed by atoms with E-state index in [9.17, 15) is 15.4 Å². The lowest BCUT2D eigenvalue weighted by Gasteiger charge is -1.99. The summed E-state index contributed by atoms with van der Waals surface area (Å²) in [7, 11) is 0. The molecular formula is C21H13N3O4S. The first-order valence-electron chi connectivity index (χ1n) is 8.53. The van der Waals surface area contributed by atoms with E-state index in [1.54, 1.807) is 36.4 Å². The first-order chi connectivity index (χ1) is 14.2. The maximum Gasteiger partial charge on any atom is 0.276 e. The third-order valence-electron chi connectivity index (χ3n) is 4.20. The van der Waals surface area contributed by atoms with Crippen molar-refractivity contribution in [1.29, 1.82) is 5.26 Å². The minimum Gasteiger partial charge on any atom is -0.454 e. The van der Waals surface area contributed by atoms with Crippen molar-refractivity contribution in [2.45, 2.75) is 0 Å². The number of para-hydroxylation sites is 1. The number of nitro groups is 1. The van der Waals surface area contributed by atoms with Crippen LogP contribution >= 0.6 is 11.3 Å². The zero-order chi connectivity index (χ0) is 20.2. The highest BCUT2D eigenvalue weighted by atomic mass is 32.1. The molecule has 142 valence electrons. The highest BCUT2D eigenvalue weighted by Crippen LogP contribution is 2.36. The molecule has 1 aliphatic rings. The Labute approximate surface area is 169 Å². The van der Waals surface area contributed by atoms with Crippen molar-refractivity contribution in [3.8, 4) is 28.8 Å². The number of aromatic nitrogens is 1.